The molecule has 138 valence electrons. The molecule has 0 unspecified atom stereocenters. The summed E-state index contributed by atoms with van der Waals surface area (Å²) in [6, 6.07) is 5.13. The summed E-state index contributed by atoms with van der Waals surface area (Å²) in [4.78, 5) is 11.5. The number of hydrogen-bond acceptors (Lipinski definition) is 4. The number of aromatic nitrogens is 1. The molecule has 1 aliphatic rings. The van der Waals surface area contributed by atoms with Gasteiger partial charge in [0.15, 0.2) is 5.56 Å². The van der Waals surface area contributed by atoms with Crippen molar-refractivity contribution in [3.8, 4) is 17.9 Å². The van der Waals surface area contributed by atoms with Gasteiger partial charge in [0.2, 0.25) is 0 Å². The first-order valence-corrected chi connectivity index (χ1v) is 9.00. The van der Waals surface area contributed by atoms with Crippen molar-refractivity contribution in [3.63, 3.8) is 0 Å². The Hall–Kier alpha value is -2.97. The number of nitrogens with zero attached hydrogens (tertiary/aromatic N) is 1. The molecule has 1 aliphatic carbocycles. The van der Waals surface area contributed by atoms with Crippen LogP contribution in [-0.2, 0) is 6.18 Å². The summed E-state index contributed by atoms with van der Waals surface area (Å²) >= 11 is 0.853. The molecule has 0 aliphatic heterocycles. The first kappa shape index (κ1) is 18.8. The van der Waals surface area contributed by atoms with Crippen molar-refractivity contribution in [1.29, 1.82) is 5.26 Å². The Morgan fingerprint density at radius 3 is 2.67 bits per heavy atom. The number of nitriles is 1. The summed E-state index contributed by atoms with van der Waals surface area (Å²) in [7, 11) is 0. The fraction of sp³-hybridized carbons (Fsp3) is 0.263. The van der Waals surface area contributed by atoms with Gasteiger partial charge in [0.1, 0.15) is 11.1 Å². The van der Waals surface area contributed by atoms with E-state index in [1.54, 1.807) is 6.07 Å². The number of benzene rings is 1. The van der Waals surface area contributed by atoms with E-state index in [-0.39, 0.29) is 21.8 Å². The fourth-order valence-corrected chi connectivity index (χ4v) is 3.37. The molecule has 0 radical (unpaired) electrons. The van der Waals surface area contributed by atoms with Crippen LogP contribution < -0.4 is 10.9 Å². The number of nitrogens with one attached hydrogen (secondary N) is 2. The van der Waals surface area contributed by atoms with Gasteiger partial charge in [-0.1, -0.05) is 17.9 Å². The molecule has 2 aromatic rings. The Morgan fingerprint density at radius 2 is 2.00 bits per heavy atom. The van der Waals surface area contributed by atoms with Gasteiger partial charge in [0, 0.05) is 11.3 Å². The normalized spacial score (nSPS) is 13.9. The zero-order chi connectivity index (χ0) is 19.4. The molecule has 2 N–H and O–H groups in total. The van der Waals surface area contributed by atoms with E-state index >= 15 is 0 Å². The number of hydrogen-bond donors (Lipinski definition) is 2. The van der Waals surface area contributed by atoms with Crippen molar-refractivity contribution >= 4 is 22.2 Å². The van der Waals surface area contributed by atoms with E-state index in [9.17, 15) is 18.0 Å². The van der Waals surface area contributed by atoms with Crippen LogP contribution in [0.4, 0.5) is 23.9 Å². The van der Waals surface area contributed by atoms with Crippen LogP contribution in [0.2, 0.25) is 0 Å². The molecule has 0 atom stereocenters. The third kappa shape index (κ3) is 4.60. The quantitative estimate of drug-likeness (QED) is 0.716. The number of allylic oxidation sites excluding steroid dienone is 2. The average molecular weight is 389 g/mol. The molecule has 0 bridgehead atoms. The van der Waals surface area contributed by atoms with Crippen LogP contribution in [0.1, 0.15) is 42.4 Å². The van der Waals surface area contributed by atoms with E-state index in [2.05, 4.69) is 21.5 Å². The highest BCUT2D eigenvalue weighted by atomic mass is 32.1. The molecule has 8 heteroatoms. The summed E-state index contributed by atoms with van der Waals surface area (Å²) in [6.45, 7) is 0. The molecular formula is C19H14F3N3OS. The van der Waals surface area contributed by atoms with Crippen molar-refractivity contribution in [1.82, 2.24) is 4.37 Å². The minimum Gasteiger partial charge on any atom is -0.345 e. The second-order valence-electron chi connectivity index (χ2n) is 6.00. The van der Waals surface area contributed by atoms with Gasteiger partial charge in [0.05, 0.1) is 5.56 Å². The van der Waals surface area contributed by atoms with Gasteiger partial charge in [-0.25, -0.2) is 0 Å². The number of rotatable bonds is 2. The first-order valence-electron chi connectivity index (χ1n) is 8.19. The lowest BCUT2D eigenvalue weighted by Gasteiger charge is -2.11. The third-order valence-electron chi connectivity index (χ3n) is 3.99. The zero-order valence-electron chi connectivity index (χ0n) is 14.0. The summed E-state index contributed by atoms with van der Waals surface area (Å²) in [5, 5.41) is 11.9. The highest BCUT2D eigenvalue weighted by Crippen LogP contribution is 2.33. The maximum absolute atomic E-state index is 13.2. The van der Waals surface area contributed by atoms with E-state index in [1.807, 2.05) is 6.08 Å². The lowest BCUT2D eigenvalue weighted by atomic mass is 9.99. The van der Waals surface area contributed by atoms with Crippen LogP contribution in [0.25, 0.3) is 0 Å². The number of anilines is 2. The summed E-state index contributed by atoms with van der Waals surface area (Å²) in [5.41, 5.74) is -0.350. The van der Waals surface area contributed by atoms with Gasteiger partial charge in [-0.2, -0.15) is 18.4 Å². The zero-order valence-corrected chi connectivity index (χ0v) is 14.9. The number of halogens is 3. The minimum absolute atomic E-state index is 0.110. The second-order valence-corrected chi connectivity index (χ2v) is 6.81. The third-order valence-corrected chi connectivity index (χ3v) is 4.79. The minimum atomic E-state index is -4.54. The highest BCUT2D eigenvalue weighted by molar-refractivity contribution is 7.10. The summed E-state index contributed by atoms with van der Waals surface area (Å²) in [6.07, 6.45) is 1.37. The molecule has 3 rings (SSSR count). The molecule has 1 heterocycles. The van der Waals surface area contributed by atoms with Crippen LogP contribution in [0, 0.1) is 23.2 Å². The monoisotopic (exact) mass is 389 g/mol. The standard InChI is InChI=1S/C19H14F3N3OS/c20-19(21,22)14-8-13(7-6-12-4-2-1-3-5-12)9-15(10-14)24-18-16(11-23)17(26)25-27-18/h4,8-10,24H,1-3,5H2,(H,25,26). The predicted octanol–water partition coefficient (Wildman–Crippen LogP) is 4.92. The smallest absolute Gasteiger partial charge is 0.345 e. The largest absolute Gasteiger partial charge is 0.416 e. The Bertz CT molecular complexity index is 1050. The maximum Gasteiger partial charge on any atom is 0.416 e. The molecule has 4 nitrogen and oxygen atoms in total. The molecule has 0 saturated heterocycles. The van der Waals surface area contributed by atoms with Crippen LogP contribution in [0.3, 0.4) is 0 Å². The lowest BCUT2D eigenvalue weighted by molar-refractivity contribution is -0.137. The molecule has 0 saturated carbocycles. The molecule has 1 aromatic carbocycles. The lowest BCUT2D eigenvalue weighted by Crippen LogP contribution is -2.07. The van der Waals surface area contributed by atoms with E-state index in [1.165, 1.54) is 6.07 Å². The van der Waals surface area contributed by atoms with Crippen molar-refractivity contribution < 1.29 is 13.2 Å². The van der Waals surface area contributed by atoms with Crippen molar-refractivity contribution in [2.75, 3.05) is 5.32 Å². The van der Waals surface area contributed by atoms with Gasteiger partial charge < -0.3 is 5.32 Å². The topological polar surface area (TPSA) is 68.7 Å². The Morgan fingerprint density at radius 1 is 1.19 bits per heavy atom. The summed E-state index contributed by atoms with van der Waals surface area (Å²) in [5.74, 6) is 5.74. The molecule has 27 heavy (non-hydrogen) atoms. The van der Waals surface area contributed by atoms with Crippen LogP contribution >= 0.6 is 11.5 Å². The molecule has 0 amide bonds. The molecule has 1 aromatic heterocycles. The van der Waals surface area contributed by atoms with Crippen LogP contribution in [-0.4, -0.2) is 4.37 Å². The van der Waals surface area contributed by atoms with Crippen molar-refractivity contribution in [3.05, 3.63) is 56.9 Å². The Balaban J connectivity index is 1.98. The number of aromatic amines is 1. The first-order chi connectivity index (χ1) is 12.9. The van der Waals surface area contributed by atoms with Crippen molar-refractivity contribution in [2.24, 2.45) is 0 Å². The van der Waals surface area contributed by atoms with Gasteiger partial charge in [-0.15, -0.1) is 0 Å². The van der Waals surface area contributed by atoms with Crippen molar-refractivity contribution in [2.45, 2.75) is 31.9 Å². The highest BCUT2D eigenvalue weighted by Gasteiger charge is 2.31. The van der Waals surface area contributed by atoms with Gasteiger partial charge >= 0.3 is 6.18 Å². The number of H-pyrrole nitrogens is 1. The second kappa shape index (κ2) is 7.73. The predicted molar refractivity (Wildman–Crippen MR) is 97.8 cm³/mol. The van der Waals surface area contributed by atoms with Crippen LogP contribution in [0.5, 0.6) is 0 Å². The van der Waals surface area contributed by atoms with Crippen LogP contribution in [0.15, 0.2) is 34.6 Å². The van der Waals surface area contributed by atoms with E-state index in [4.69, 9.17) is 5.26 Å². The van der Waals surface area contributed by atoms with E-state index in [0.717, 1.165) is 54.9 Å². The van der Waals surface area contributed by atoms with Gasteiger partial charge in [0.25, 0.3) is 5.56 Å². The maximum atomic E-state index is 13.2. The average Bonchev–Trinajstić information content (AvgIpc) is 2.99. The number of alkyl halides is 3. The van der Waals surface area contributed by atoms with E-state index < -0.39 is 17.3 Å². The summed E-state index contributed by atoms with van der Waals surface area (Å²) < 4.78 is 42.1. The molecular weight excluding hydrogens is 375 g/mol. The van der Waals surface area contributed by atoms with Gasteiger partial charge in [-0.05, 0) is 61.0 Å². The SMILES string of the molecule is N#Cc1c(Nc2cc(C#CC3=CCCCC3)cc(C(F)(F)F)c2)s[nH]c1=O. The van der Waals surface area contributed by atoms with E-state index in [0.29, 0.717) is 0 Å². The Kier molecular flexibility index (Phi) is 5.38. The Labute approximate surface area is 157 Å². The molecule has 0 spiro atoms. The molecule has 0 fully saturated rings. The fourth-order valence-electron chi connectivity index (χ4n) is 2.66. The van der Waals surface area contributed by atoms with Gasteiger partial charge in [-0.3, -0.25) is 9.17 Å².